The van der Waals surface area contributed by atoms with Crippen LogP contribution in [0.25, 0.3) is 6.08 Å². The number of carbonyl (C=O) groups excluding carboxylic acids is 1. The van der Waals surface area contributed by atoms with E-state index >= 15 is 0 Å². The summed E-state index contributed by atoms with van der Waals surface area (Å²) in [5.41, 5.74) is -0.261. The van der Waals surface area contributed by atoms with E-state index in [1.165, 1.54) is 30.5 Å². The summed E-state index contributed by atoms with van der Waals surface area (Å²) in [6.45, 7) is 3.67. The first-order valence-electron chi connectivity index (χ1n) is 6.37. The SMILES string of the molecule is C=COCCOc1ccc(/C=C(/C#N)C(=O)OC)cc1[N+](=O)[O-]. The average molecular weight is 318 g/mol. The quantitative estimate of drug-likeness (QED) is 0.137. The largest absolute Gasteiger partial charge is 0.498 e. The first-order chi connectivity index (χ1) is 11.0. The Bertz CT molecular complexity index is 675. The lowest BCUT2D eigenvalue weighted by Crippen LogP contribution is -2.06. The van der Waals surface area contributed by atoms with Gasteiger partial charge in [0.05, 0.1) is 18.3 Å². The Morgan fingerprint density at radius 1 is 1.48 bits per heavy atom. The van der Waals surface area contributed by atoms with E-state index in [0.29, 0.717) is 5.56 Å². The maximum Gasteiger partial charge on any atom is 0.348 e. The summed E-state index contributed by atoms with van der Waals surface area (Å²) in [4.78, 5) is 21.8. The van der Waals surface area contributed by atoms with Crippen molar-refractivity contribution in [1.29, 1.82) is 5.26 Å². The summed E-state index contributed by atoms with van der Waals surface area (Å²) in [5.74, 6) is -0.770. The van der Waals surface area contributed by atoms with Gasteiger partial charge in [0.25, 0.3) is 0 Å². The summed E-state index contributed by atoms with van der Waals surface area (Å²) >= 11 is 0. The van der Waals surface area contributed by atoms with Crippen molar-refractivity contribution in [3.63, 3.8) is 0 Å². The molecule has 120 valence electrons. The van der Waals surface area contributed by atoms with Gasteiger partial charge >= 0.3 is 11.7 Å². The van der Waals surface area contributed by atoms with Gasteiger partial charge in [-0.25, -0.2) is 4.79 Å². The second kappa shape index (κ2) is 8.84. The van der Waals surface area contributed by atoms with Crippen molar-refractivity contribution in [2.24, 2.45) is 0 Å². The smallest absolute Gasteiger partial charge is 0.348 e. The molecule has 1 aromatic rings. The number of ether oxygens (including phenoxy) is 3. The minimum atomic E-state index is -0.822. The van der Waals surface area contributed by atoms with Gasteiger partial charge < -0.3 is 14.2 Å². The molecule has 1 rings (SSSR count). The maximum absolute atomic E-state index is 11.3. The average Bonchev–Trinajstić information content (AvgIpc) is 2.56. The van der Waals surface area contributed by atoms with Crippen LogP contribution in [0, 0.1) is 21.4 Å². The minimum Gasteiger partial charge on any atom is -0.498 e. The molecule has 0 spiro atoms. The number of methoxy groups -OCH3 is 1. The molecular formula is C15H14N2O6. The number of nitro benzene ring substituents is 1. The van der Waals surface area contributed by atoms with Crippen molar-refractivity contribution in [1.82, 2.24) is 0 Å². The second-order valence-electron chi connectivity index (χ2n) is 4.03. The van der Waals surface area contributed by atoms with E-state index in [0.717, 1.165) is 7.11 Å². The zero-order valence-corrected chi connectivity index (χ0v) is 12.4. The predicted molar refractivity (Wildman–Crippen MR) is 80.3 cm³/mol. The number of carbonyl (C=O) groups is 1. The van der Waals surface area contributed by atoms with Gasteiger partial charge in [-0.15, -0.1) is 0 Å². The van der Waals surface area contributed by atoms with Crippen molar-refractivity contribution in [2.45, 2.75) is 0 Å². The fraction of sp³-hybridized carbons (Fsp3) is 0.200. The Morgan fingerprint density at radius 3 is 2.78 bits per heavy atom. The lowest BCUT2D eigenvalue weighted by molar-refractivity contribution is -0.385. The molecule has 0 radical (unpaired) electrons. The molecule has 1 aromatic carbocycles. The predicted octanol–water partition coefficient (Wildman–Crippen LogP) is 2.21. The van der Waals surface area contributed by atoms with Crippen LogP contribution in [-0.4, -0.2) is 31.2 Å². The zero-order valence-electron chi connectivity index (χ0n) is 12.4. The van der Waals surface area contributed by atoms with E-state index in [-0.39, 0.29) is 30.2 Å². The molecule has 0 fully saturated rings. The molecule has 0 N–H and O–H groups in total. The number of esters is 1. The lowest BCUT2D eigenvalue weighted by atomic mass is 10.1. The zero-order chi connectivity index (χ0) is 17.2. The number of nitrogens with zero attached hydrogens (tertiary/aromatic N) is 2. The second-order valence-corrected chi connectivity index (χ2v) is 4.03. The Morgan fingerprint density at radius 2 is 2.22 bits per heavy atom. The number of benzene rings is 1. The van der Waals surface area contributed by atoms with Crippen molar-refractivity contribution in [3.05, 3.63) is 52.3 Å². The number of rotatable bonds is 8. The topological polar surface area (TPSA) is 112 Å². The summed E-state index contributed by atoms with van der Waals surface area (Å²) in [6, 6.07) is 5.73. The van der Waals surface area contributed by atoms with Crippen LogP contribution in [0.5, 0.6) is 5.75 Å². The maximum atomic E-state index is 11.3. The Balaban J connectivity index is 3.06. The first kappa shape index (κ1) is 17.7. The molecule has 0 heterocycles. The van der Waals surface area contributed by atoms with Gasteiger partial charge in [0.2, 0.25) is 0 Å². The number of hydrogen-bond acceptors (Lipinski definition) is 7. The normalized spacial score (nSPS) is 10.3. The molecule has 0 aliphatic carbocycles. The fourth-order valence-corrected chi connectivity index (χ4v) is 1.59. The molecule has 0 aliphatic rings. The molecule has 0 bridgehead atoms. The molecular weight excluding hydrogens is 304 g/mol. The van der Waals surface area contributed by atoms with Crippen molar-refractivity contribution < 1.29 is 23.9 Å². The number of nitriles is 1. The van der Waals surface area contributed by atoms with Gasteiger partial charge in [0, 0.05) is 6.07 Å². The van der Waals surface area contributed by atoms with Gasteiger partial charge in [-0.3, -0.25) is 10.1 Å². The summed E-state index contributed by atoms with van der Waals surface area (Å²) in [6.07, 6.45) is 2.44. The molecule has 0 aliphatic heterocycles. The molecule has 0 amide bonds. The van der Waals surface area contributed by atoms with Gasteiger partial charge in [-0.1, -0.05) is 12.6 Å². The van der Waals surface area contributed by atoms with E-state index < -0.39 is 10.9 Å². The monoisotopic (exact) mass is 318 g/mol. The molecule has 0 saturated carbocycles. The lowest BCUT2D eigenvalue weighted by Gasteiger charge is -2.07. The van der Waals surface area contributed by atoms with E-state index in [1.807, 2.05) is 0 Å². The number of nitro groups is 1. The van der Waals surface area contributed by atoms with Crippen molar-refractivity contribution >= 4 is 17.7 Å². The van der Waals surface area contributed by atoms with Gasteiger partial charge in [-0.2, -0.15) is 5.26 Å². The van der Waals surface area contributed by atoms with E-state index in [2.05, 4.69) is 11.3 Å². The van der Waals surface area contributed by atoms with Crippen LogP contribution >= 0.6 is 0 Å². The molecule has 0 saturated heterocycles. The third-order valence-electron chi connectivity index (χ3n) is 2.59. The molecule has 0 atom stereocenters. The summed E-state index contributed by atoms with van der Waals surface area (Å²) in [7, 11) is 1.14. The van der Waals surface area contributed by atoms with Crippen molar-refractivity contribution in [2.75, 3.05) is 20.3 Å². The van der Waals surface area contributed by atoms with Gasteiger partial charge in [-0.05, 0) is 17.7 Å². The van der Waals surface area contributed by atoms with E-state index in [9.17, 15) is 14.9 Å². The van der Waals surface area contributed by atoms with Gasteiger partial charge in [0.1, 0.15) is 24.9 Å². The highest BCUT2D eigenvalue weighted by molar-refractivity contribution is 5.97. The first-order valence-corrected chi connectivity index (χ1v) is 6.37. The van der Waals surface area contributed by atoms with Crippen LogP contribution in [0.1, 0.15) is 5.56 Å². The molecule has 0 aromatic heterocycles. The Kier molecular flexibility index (Phi) is 6.81. The molecule has 8 heteroatoms. The highest BCUT2D eigenvalue weighted by atomic mass is 16.6. The summed E-state index contributed by atoms with van der Waals surface area (Å²) in [5, 5.41) is 20.0. The fourth-order valence-electron chi connectivity index (χ4n) is 1.59. The van der Waals surface area contributed by atoms with Crippen LogP contribution in [-0.2, 0) is 14.3 Å². The molecule has 23 heavy (non-hydrogen) atoms. The van der Waals surface area contributed by atoms with E-state index in [1.54, 1.807) is 6.07 Å². The highest BCUT2D eigenvalue weighted by Crippen LogP contribution is 2.28. The molecule has 0 unspecified atom stereocenters. The van der Waals surface area contributed by atoms with E-state index in [4.69, 9.17) is 14.7 Å². The Labute approximate surface area is 132 Å². The Hall–Kier alpha value is -3.34. The van der Waals surface area contributed by atoms with Crippen LogP contribution in [0.4, 0.5) is 5.69 Å². The van der Waals surface area contributed by atoms with Crippen molar-refractivity contribution in [3.8, 4) is 11.8 Å². The van der Waals surface area contributed by atoms with Crippen LogP contribution < -0.4 is 4.74 Å². The van der Waals surface area contributed by atoms with Crippen LogP contribution in [0.15, 0.2) is 36.6 Å². The van der Waals surface area contributed by atoms with Crippen LogP contribution in [0.3, 0.4) is 0 Å². The van der Waals surface area contributed by atoms with Gasteiger partial charge in [0.15, 0.2) is 5.75 Å². The summed E-state index contributed by atoms with van der Waals surface area (Å²) < 4.78 is 14.6. The standard InChI is InChI=1S/C15H14N2O6/c1-3-22-6-7-23-14-5-4-11(9-13(14)17(19)20)8-12(10-16)15(18)21-2/h3-5,8-9H,1,6-7H2,2H3/b12-8-. The third kappa shape index (κ3) is 5.17. The highest BCUT2D eigenvalue weighted by Gasteiger charge is 2.17. The minimum absolute atomic E-state index is 0.0522. The number of hydrogen-bond donors (Lipinski definition) is 0. The van der Waals surface area contributed by atoms with Crippen LogP contribution in [0.2, 0.25) is 0 Å². The molecule has 8 nitrogen and oxygen atoms in total. The third-order valence-corrected chi connectivity index (χ3v) is 2.59.